The minimum atomic E-state index is -3.86. The number of benzene rings is 2. The summed E-state index contributed by atoms with van der Waals surface area (Å²) in [5, 5.41) is -0.459. The number of amides is 1. The highest BCUT2D eigenvalue weighted by atomic mass is 16.6. The van der Waals surface area contributed by atoms with Gasteiger partial charge in [-0.05, 0) is 18.2 Å². The number of rotatable bonds is 5. The predicted octanol–water partition coefficient (Wildman–Crippen LogP) is 1.72. The fourth-order valence-electron chi connectivity index (χ4n) is 2.95. The number of anilines is 2. The molecular weight excluding hydrogens is 426 g/mol. The van der Waals surface area contributed by atoms with Crippen LogP contribution >= 0.6 is 0 Å². The van der Waals surface area contributed by atoms with Crippen molar-refractivity contribution in [3.63, 3.8) is 0 Å². The number of nitrogen functional groups attached to an aromatic ring is 1. The normalized spacial score (nSPS) is 31.4. The molecule has 2 aliphatic heterocycles. The van der Waals surface area contributed by atoms with Crippen molar-refractivity contribution in [1.82, 2.24) is 14.9 Å². The van der Waals surface area contributed by atoms with Crippen molar-refractivity contribution >= 4 is 28.6 Å². The Kier molecular flexibility index (Phi) is 2.67. The lowest BCUT2D eigenvalue weighted by Gasteiger charge is -2.37. The van der Waals surface area contributed by atoms with Gasteiger partial charge in [0.05, 0.1) is 36.2 Å². The smallest absolute Gasteiger partial charge is 0.267 e. The highest BCUT2D eigenvalue weighted by molar-refractivity contribution is 5.91. The SMILES string of the molecule is [2H]c1c(OC)c(OC)c([2H])c2c(N([2H])[2H])nc(N3C([2H])([2H])C([2H])([2H])N(C(=O)C4Oc5ccccc5OC4([2H])[2H])C([2H])([2H])C3([2H])[2H])nc12. The van der Waals surface area contributed by atoms with Gasteiger partial charge in [0, 0.05) is 37.4 Å². The summed E-state index contributed by atoms with van der Waals surface area (Å²) in [4.78, 5) is 21.0. The van der Waals surface area contributed by atoms with Crippen LogP contribution < -0.4 is 29.6 Å². The number of hydrogen-bond acceptors (Lipinski definition) is 9. The van der Waals surface area contributed by atoms with Crippen molar-refractivity contribution in [3.8, 4) is 23.0 Å². The van der Waals surface area contributed by atoms with E-state index in [1.165, 1.54) is 24.3 Å². The van der Waals surface area contributed by atoms with Crippen molar-refractivity contribution in [2.45, 2.75) is 6.10 Å². The van der Waals surface area contributed by atoms with E-state index in [-0.39, 0.29) is 33.6 Å². The summed E-state index contributed by atoms with van der Waals surface area (Å²) < 4.78 is 140. The molecule has 172 valence electrons. The van der Waals surface area contributed by atoms with E-state index in [0.29, 0.717) is 0 Å². The molecule has 2 aliphatic rings. The maximum atomic E-state index is 13.9. The number of methoxy groups -OCH3 is 2. The molecule has 1 atom stereocenters. The van der Waals surface area contributed by atoms with E-state index in [0.717, 1.165) is 14.2 Å². The Balaban J connectivity index is 1.72. The third-order valence-electron chi connectivity index (χ3n) is 4.52. The van der Waals surface area contributed by atoms with Crippen LogP contribution in [-0.4, -0.2) is 73.6 Å². The number of para-hydroxylation sites is 2. The van der Waals surface area contributed by atoms with Crippen molar-refractivity contribution < 1.29 is 43.0 Å². The van der Waals surface area contributed by atoms with Gasteiger partial charge < -0.3 is 34.5 Å². The number of fused-ring (bicyclic) bond motifs is 2. The van der Waals surface area contributed by atoms with Crippen LogP contribution in [0.4, 0.5) is 11.8 Å². The highest BCUT2D eigenvalue weighted by Gasteiger charge is 2.33. The van der Waals surface area contributed by atoms with Crippen LogP contribution in [0.25, 0.3) is 10.9 Å². The lowest BCUT2D eigenvalue weighted by Crippen LogP contribution is -2.54. The van der Waals surface area contributed by atoms with Gasteiger partial charge in [0.15, 0.2) is 25.8 Å². The minimum absolute atomic E-state index is 0.135. The number of carbonyl (C=O) groups is 1. The zero-order valence-corrected chi connectivity index (χ0v) is 17.2. The van der Waals surface area contributed by atoms with Crippen molar-refractivity contribution in [2.24, 2.45) is 0 Å². The Morgan fingerprint density at radius 2 is 1.88 bits per heavy atom. The lowest BCUT2D eigenvalue weighted by atomic mass is 10.2. The number of nitrogens with zero attached hydrogens (tertiary/aromatic N) is 4. The topological polar surface area (TPSA) is 112 Å². The molecule has 1 fully saturated rings. The number of piperazine rings is 1. The van der Waals surface area contributed by atoms with Gasteiger partial charge in [-0.2, -0.15) is 4.98 Å². The molecule has 1 aromatic heterocycles. The summed E-state index contributed by atoms with van der Waals surface area (Å²) in [6.07, 6.45) is -2.44. The van der Waals surface area contributed by atoms with E-state index >= 15 is 0 Å². The van der Waals surface area contributed by atoms with Crippen molar-refractivity contribution in [2.75, 3.05) is 57.4 Å². The maximum Gasteiger partial charge on any atom is 0.267 e. The van der Waals surface area contributed by atoms with Crippen LogP contribution in [0.5, 0.6) is 23.0 Å². The second-order valence-corrected chi connectivity index (χ2v) is 6.51. The van der Waals surface area contributed by atoms with Crippen LogP contribution in [0, 0.1) is 0 Å². The van der Waals surface area contributed by atoms with Crippen LogP contribution in [0.15, 0.2) is 36.4 Å². The van der Waals surface area contributed by atoms with Gasteiger partial charge in [-0.3, -0.25) is 4.79 Å². The quantitative estimate of drug-likeness (QED) is 0.602. The van der Waals surface area contributed by atoms with Crippen LogP contribution in [0.1, 0.15) is 16.4 Å². The molecule has 0 spiro atoms. The number of nitrogens with two attached hydrogens (primary N) is 1. The maximum absolute atomic E-state index is 13.9. The standard InChI is InChI=1S/C23H25N5O5/c1-30-18-11-14-15(12-19(18)31-2)25-23(26-21(14)24)28-9-7-27(8-10-28)22(29)20-13-32-16-5-3-4-6-17(16)33-20/h3-6,11-12,20H,7-10,13H2,1-2H3,(H2,24,25,26)/i7D2,8D2,9D2,10D2,11D,12D,13D2/hD2. The third kappa shape index (κ3) is 3.88. The second kappa shape index (κ2) is 8.53. The molecule has 0 aliphatic carbocycles. The molecule has 0 saturated carbocycles. The first-order valence-electron chi connectivity index (χ1n) is 16.3. The van der Waals surface area contributed by atoms with Gasteiger partial charge in [0.25, 0.3) is 5.91 Å². The molecule has 1 unspecified atom stereocenters. The van der Waals surface area contributed by atoms with Gasteiger partial charge in [0.2, 0.25) is 12.1 Å². The number of ether oxygens (including phenoxy) is 4. The Hall–Kier alpha value is -3.95. The summed E-state index contributed by atoms with van der Waals surface area (Å²) >= 11 is 0. The molecule has 33 heavy (non-hydrogen) atoms. The lowest BCUT2D eigenvalue weighted by molar-refractivity contribution is -0.141. The highest BCUT2D eigenvalue weighted by Crippen LogP contribution is 2.34. The zero-order chi connectivity index (χ0) is 35.2. The molecule has 10 heteroatoms. The first-order valence-corrected chi connectivity index (χ1v) is 9.39. The average molecular weight is 466 g/mol. The van der Waals surface area contributed by atoms with Crippen LogP contribution in [0.2, 0.25) is 2.82 Å². The van der Waals surface area contributed by atoms with E-state index in [4.69, 9.17) is 38.2 Å². The van der Waals surface area contributed by atoms with Gasteiger partial charge in [-0.25, -0.2) is 4.98 Å². The van der Waals surface area contributed by atoms with E-state index in [9.17, 15) is 4.79 Å². The Bertz CT molecular complexity index is 1750. The van der Waals surface area contributed by atoms with E-state index in [1.807, 2.05) is 0 Å². The fraction of sp³-hybridized carbons (Fsp3) is 0.348. The molecule has 10 nitrogen and oxygen atoms in total. The van der Waals surface area contributed by atoms with Gasteiger partial charge in [-0.15, -0.1) is 0 Å². The van der Waals surface area contributed by atoms with E-state index < -0.39 is 84.2 Å². The molecule has 0 radical (unpaired) electrons. The molecule has 2 N–H and O–H groups in total. The second-order valence-electron chi connectivity index (χ2n) is 6.51. The molecule has 3 aromatic rings. The average Bonchev–Trinajstić information content (AvgIpc) is 2.96. The van der Waals surface area contributed by atoms with Gasteiger partial charge in [-0.1, -0.05) is 12.1 Å². The summed E-state index contributed by atoms with van der Waals surface area (Å²) in [5.74, 6) is -4.83. The minimum Gasteiger partial charge on any atom is -0.493 e. The zero-order valence-electron chi connectivity index (χ0n) is 31.2. The van der Waals surface area contributed by atoms with Crippen LogP contribution in [0.3, 0.4) is 0 Å². The number of aromatic nitrogens is 2. The molecular formula is C23H25N5O5. The molecule has 1 amide bonds. The molecule has 3 heterocycles. The summed E-state index contributed by atoms with van der Waals surface area (Å²) in [6.45, 7) is -18.4. The van der Waals surface area contributed by atoms with E-state index in [2.05, 4.69) is 9.97 Å². The third-order valence-corrected chi connectivity index (χ3v) is 4.52. The number of carbonyl (C=O) groups excluding carboxylic acids is 1. The number of hydrogen-bond donors (Lipinski definition) is 1. The fourth-order valence-corrected chi connectivity index (χ4v) is 2.95. The van der Waals surface area contributed by atoms with Gasteiger partial charge in [0.1, 0.15) is 12.4 Å². The molecule has 2 aromatic carbocycles. The first-order chi connectivity index (χ1) is 21.6. The van der Waals surface area contributed by atoms with Crippen molar-refractivity contribution in [3.05, 3.63) is 36.4 Å². The summed E-state index contributed by atoms with van der Waals surface area (Å²) in [6, 6.07) is 4.31. The van der Waals surface area contributed by atoms with Gasteiger partial charge >= 0.3 is 0 Å². The van der Waals surface area contributed by atoms with E-state index in [1.54, 1.807) is 0 Å². The molecule has 0 bridgehead atoms. The Morgan fingerprint density at radius 3 is 2.61 bits per heavy atom. The van der Waals surface area contributed by atoms with Crippen LogP contribution in [-0.2, 0) is 4.79 Å². The Morgan fingerprint density at radius 1 is 1.15 bits per heavy atom. The summed E-state index contributed by atoms with van der Waals surface area (Å²) in [5.41, 5.74) is -0.756. The first kappa shape index (κ1) is 10.3. The monoisotopic (exact) mass is 465 g/mol. The largest absolute Gasteiger partial charge is 0.493 e. The summed E-state index contributed by atoms with van der Waals surface area (Å²) in [7, 11) is 2.28. The molecule has 5 rings (SSSR count). The van der Waals surface area contributed by atoms with Crippen molar-refractivity contribution in [1.29, 1.82) is 0 Å². The Labute approximate surface area is 210 Å². The predicted molar refractivity (Wildman–Crippen MR) is 122 cm³/mol. The molecule has 1 saturated heterocycles.